The molecule has 0 bridgehead atoms. The molecule has 1 aromatic rings. The molecule has 22 heavy (non-hydrogen) atoms. The van der Waals surface area contributed by atoms with Gasteiger partial charge < -0.3 is 19.7 Å². The number of benzene rings is 1. The van der Waals surface area contributed by atoms with E-state index in [0.29, 0.717) is 5.75 Å². The Kier molecular flexibility index (Phi) is 3.87. The zero-order chi connectivity index (χ0) is 15.7. The molecule has 2 amide bonds. The average molecular weight is 305 g/mol. The molecule has 1 saturated heterocycles. The first-order chi connectivity index (χ1) is 10.4. The van der Waals surface area contributed by atoms with Gasteiger partial charge in [0.2, 0.25) is 6.79 Å². The molecule has 1 aromatic carbocycles. The van der Waals surface area contributed by atoms with E-state index in [1.807, 2.05) is 17.0 Å². The maximum absolute atomic E-state index is 12.3. The SMILES string of the molecule is CC(C)(C)N1CCN(C(=O)Nc2ccc3c(c2)OCO3)CC1. The van der Waals surface area contributed by atoms with Crippen molar-refractivity contribution in [1.29, 1.82) is 0 Å². The number of nitrogens with one attached hydrogen (secondary N) is 1. The maximum Gasteiger partial charge on any atom is 0.321 e. The summed E-state index contributed by atoms with van der Waals surface area (Å²) in [6, 6.07) is 5.38. The summed E-state index contributed by atoms with van der Waals surface area (Å²) in [6.07, 6.45) is 0. The summed E-state index contributed by atoms with van der Waals surface area (Å²) in [5, 5.41) is 2.93. The van der Waals surface area contributed by atoms with Crippen LogP contribution in [0.4, 0.5) is 10.5 Å². The van der Waals surface area contributed by atoms with Crippen molar-refractivity contribution < 1.29 is 14.3 Å². The van der Waals surface area contributed by atoms with Gasteiger partial charge >= 0.3 is 6.03 Å². The fourth-order valence-corrected chi connectivity index (χ4v) is 2.76. The molecule has 6 nitrogen and oxygen atoms in total. The van der Waals surface area contributed by atoms with Crippen molar-refractivity contribution in [3.05, 3.63) is 18.2 Å². The molecule has 0 saturated carbocycles. The van der Waals surface area contributed by atoms with Crippen LogP contribution in [0.2, 0.25) is 0 Å². The zero-order valence-corrected chi connectivity index (χ0v) is 13.4. The summed E-state index contributed by atoms with van der Waals surface area (Å²) >= 11 is 0. The van der Waals surface area contributed by atoms with Gasteiger partial charge in [0.05, 0.1) is 0 Å². The van der Waals surface area contributed by atoms with Crippen molar-refractivity contribution in [1.82, 2.24) is 9.80 Å². The van der Waals surface area contributed by atoms with Gasteiger partial charge in [-0.15, -0.1) is 0 Å². The van der Waals surface area contributed by atoms with E-state index in [2.05, 4.69) is 31.0 Å². The third-order valence-corrected chi connectivity index (χ3v) is 4.14. The summed E-state index contributed by atoms with van der Waals surface area (Å²) in [5.41, 5.74) is 0.882. The number of urea groups is 1. The normalized spacial score (nSPS) is 18.4. The first-order valence-electron chi connectivity index (χ1n) is 7.64. The summed E-state index contributed by atoms with van der Waals surface area (Å²) < 4.78 is 10.6. The zero-order valence-electron chi connectivity index (χ0n) is 13.4. The number of piperazine rings is 1. The lowest BCUT2D eigenvalue weighted by Gasteiger charge is -2.42. The van der Waals surface area contributed by atoms with E-state index in [9.17, 15) is 4.79 Å². The van der Waals surface area contributed by atoms with Crippen LogP contribution in [0.1, 0.15) is 20.8 Å². The largest absolute Gasteiger partial charge is 0.454 e. The molecule has 0 aromatic heterocycles. The average Bonchev–Trinajstić information content (AvgIpc) is 2.94. The Morgan fingerprint density at radius 1 is 1.09 bits per heavy atom. The van der Waals surface area contributed by atoms with Crippen molar-refractivity contribution in [2.75, 3.05) is 38.3 Å². The highest BCUT2D eigenvalue weighted by molar-refractivity contribution is 5.89. The highest BCUT2D eigenvalue weighted by Gasteiger charge is 2.27. The number of carbonyl (C=O) groups excluding carboxylic acids is 1. The third-order valence-electron chi connectivity index (χ3n) is 4.14. The second kappa shape index (κ2) is 5.68. The van der Waals surface area contributed by atoms with E-state index < -0.39 is 0 Å². The summed E-state index contributed by atoms with van der Waals surface area (Å²) in [6.45, 7) is 10.1. The second-order valence-corrected chi connectivity index (χ2v) is 6.64. The van der Waals surface area contributed by atoms with Crippen molar-refractivity contribution >= 4 is 11.7 Å². The molecule has 3 rings (SSSR count). The molecule has 2 heterocycles. The fourth-order valence-electron chi connectivity index (χ4n) is 2.76. The summed E-state index contributed by atoms with van der Waals surface area (Å²) in [7, 11) is 0. The van der Waals surface area contributed by atoms with Gasteiger partial charge in [0, 0.05) is 43.5 Å². The molecule has 0 atom stereocenters. The Balaban J connectivity index is 1.57. The van der Waals surface area contributed by atoms with Crippen molar-refractivity contribution in [3.63, 3.8) is 0 Å². The van der Waals surface area contributed by atoms with Gasteiger partial charge in [-0.2, -0.15) is 0 Å². The molecule has 0 radical (unpaired) electrons. The topological polar surface area (TPSA) is 54.0 Å². The van der Waals surface area contributed by atoms with E-state index in [-0.39, 0.29) is 18.4 Å². The quantitative estimate of drug-likeness (QED) is 0.865. The molecule has 1 fully saturated rings. The highest BCUT2D eigenvalue weighted by Crippen LogP contribution is 2.34. The van der Waals surface area contributed by atoms with Crippen LogP contribution < -0.4 is 14.8 Å². The minimum Gasteiger partial charge on any atom is -0.454 e. The third kappa shape index (κ3) is 3.11. The van der Waals surface area contributed by atoms with Gasteiger partial charge in [0.1, 0.15) is 0 Å². The van der Waals surface area contributed by atoms with Crippen LogP contribution in [0.15, 0.2) is 18.2 Å². The molecule has 1 N–H and O–H groups in total. The monoisotopic (exact) mass is 305 g/mol. The first kappa shape index (κ1) is 15.0. The van der Waals surface area contributed by atoms with E-state index in [0.717, 1.165) is 37.6 Å². The van der Waals surface area contributed by atoms with Crippen LogP contribution in [0.25, 0.3) is 0 Å². The summed E-state index contributed by atoms with van der Waals surface area (Å²) in [5.74, 6) is 1.40. The maximum atomic E-state index is 12.3. The van der Waals surface area contributed by atoms with Crippen LogP contribution in [0, 0.1) is 0 Å². The van der Waals surface area contributed by atoms with Crippen LogP contribution in [0.5, 0.6) is 11.5 Å². The molecule has 6 heteroatoms. The number of ether oxygens (including phenoxy) is 2. The number of rotatable bonds is 1. The van der Waals surface area contributed by atoms with Gasteiger partial charge in [0.15, 0.2) is 11.5 Å². The molecular weight excluding hydrogens is 282 g/mol. The first-order valence-corrected chi connectivity index (χ1v) is 7.64. The predicted molar refractivity (Wildman–Crippen MR) is 84.5 cm³/mol. The van der Waals surface area contributed by atoms with Gasteiger partial charge in [0.25, 0.3) is 0 Å². The number of amides is 2. The number of fused-ring (bicyclic) bond motifs is 1. The minimum atomic E-state index is -0.0626. The van der Waals surface area contributed by atoms with Crippen LogP contribution in [0.3, 0.4) is 0 Å². The smallest absolute Gasteiger partial charge is 0.321 e. The van der Waals surface area contributed by atoms with Crippen molar-refractivity contribution in [2.45, 2.75) is 26.3 Å². The highest BCUT2D eigenvalue weighted by atomic mass is 16.7. The Morgan fingerprint density at radius 2 is 1.77 bits per heavy atom. The Morgan fingerprint density at radius 3 is 2.45 bits per heavy atom. The standard InChI is InChI=1S/C16H23N3O3/c1-16(2,3)19-8-6-18(7-9-19)15(20)17-12-4-5-13-14(10-12)22-11-21-13/h4-5,10H,6-9,11H2,1-3H3,(H,17,20). The molecule has 2 aliphatic rings. The Hall–Kier alpha value is -1.95. The number of carbonyl (C=O) groups is 1. The molecule has 120 valence electrons. The Labute approximate surface area is 131 Å². The lowest BCUT2D eigenvalue weighted by Crippen LogP contribution is -2.55. The molecule has 0 aliphatic carbocycles. The van der Waals surface area contributed by atoms with Crippen molar-refractivity contribution in [3.8, 4) is 11.5 Å². The molecule has 2 aliphatic heterocycles. The molecular formula is C16H23N3O3. The van der Waals surface area contributed by atoms with E-state index >= 15 is 0 Å². The molecule has 0 unspecified atom stereocenters. The fraction of sp³-hybridized carbons (Fsp3) is 0.562. The van der Waals surface area contributed by atoms with E-state index in [1.54, 1.807) is 6.07 Å². The van der Waals surface area contributed by atoms with Crippen molar-refractivity contribution in [2.24, 2.45) is 0 Å². The van der Waals surface area contributed by atoms with Gasteiger partial charge in [-0.1, -0.05) is 0 Å². The minimum absolute atomic E-state index is 0.0626. The molecule has 0 spiro atoms. The van der Waals surface area contributed by atoms with E-state index in [1.165, 1.54) is 0 Å². The van der Waals surface area contributed by atoms with Crippen LogP contribution in [-0.2, 0) is 0 Å². The van der Waals surface area contributed by atoms with Crippen LogP contribution >= 0.6 is 0 Å². The Bertz CT molecular complexity index is 560. The second-order valence-electron chi connectivity index (χ2n) is 6.64. The number of hydrogen-bond donors (Lipinski definition) is 1. The number of anilines is 1. The lowest BCUT2D eigenvalue weighted by molar-refractivity contribution is 0.0774. The van der Waals surface area contributed by atoms with Gasteiger partial charge in [-0.05, 0) is 32.9 Å². The van der Waals surface area contributed by atoms with Gasteiger partial charge in [-0.25, -0.2) is 4.79 Å². The number of hydrogen-bond acceptors (Lipinski definition) is 4. The van der Waals surface area contributed by atoms with Crippen LogP contribution in [-0.4, -0.2) is 54.3 Å². The predicted octanol–water partition coefficient (Wildman–Crippen LogP) is 2.36. The number of nitrogens with zero attached hydrogens (tertiary/aromatic N) is 2. The lowest BCUT2D eigenvalue weighted by atomic mass is 10.1. The summed E-state index contributed by atoms with van der Waals surface area (Å²) in [4.78, 5) is 16.6. The van der Waals surface area contributed by atoms with Gasteiger partial charge in [-0.3, -0.25) is 4.90 Å². The van der Waals surface area contributed by atoms with E-state index in [4.69, 9.17) is 9.47 Å².